The van der Waals surface area contributed by atoms with Crippen LogP contribution in [0, 0.1) is 0 Å². The van der Waals surface area contributed by atoms with Crippen LogP contribution in [-0.2, 0) is 6.54 Å². The Kier molecular flexibility index (Phi) is 5.21. The second-order valence-corrected chi connectivity index (χ2v) is 6.07. The Morgan fingerprint density at radius 2 is 1.80 bits per heavy atom. The summed E-state index contributed by atoms with van der Waals surface area (Å²) in [5, 5.41) is 4.20. The van der Waals surface area contributed by atoms with E-state index in [4.69, 9.17) is 11.6 Å². The maximum Gasteiger partial charge on any atom is 0.0597 e. The van der Waals surface area contributed by atoms with E-state index in [1.165, 1.54) is 10.5 Å². The van der Waals surface area contributed by atoms with Gasteiger partial charge in [0.05, 0.1) is 11.4 Å². The van der Waals surface area contributed by atoms with Crippen LogP contribution in [0.2, 0.25) is 5.02 Å². The molecule has 0 atom stereocenters. The third kappa shape index (κ3) is 3.84. The lowest BCUT2D eigenvalue weighted by Gasteiger charge is -2.19. The van der Waals surface area contributed by atoms with E-state index in [1.54, 1.807) is 11.8 Å². The largest absolute Gasteiger partial charge is 0.379 e. The Bertz CT molecular complexity index is 567. The molecular weight excluding hydrogens is 288 g/mol. The molecule has 2 nitrogen and oxygen atoms in total. The number of rotatable bonds is 5. The summed E-state index contributed by atoms with van der Waals surface area (Å²) in [4.78, 5) is 3.36. The average Bonchev–Trinajstić information content (AvgIpc) is 2.45. The van der Waals surface area contributed by atoms with Crippen LogP contribution in [0.5, 0.6) is 0 Å². The van der Waals surface area contributed by atoms with Crippen LogP contribution in [-0.4, -0.2) is 20.4 Å². The number of hydrogen-bond acceptors (Lipinski definition) is 3. The molecule has 106 valence electrons. The molecule has 2 rings (SSSR count). The zero-order chi connectivity index (χ0) is 14.5. The minimum absolute atomic E-state index is 0.746. The molecule has 0 radical (unpaired) electrons. The van der Waals surface area contributed by atoms with Crippen molar-refractivity contribution in [2.75, 3.05) is 30.6 Å². The summed E-state index contributed by atoms with van der Waals surface area (Å²) in [6.45, 7) is 0.788. The third-order valence-corrected chi connectivity index (χ3v) is 4.06. The Hall–Kier alpha value is -1.32. The molecule has 0 spiro atoms. The fraction of sp³-hybridized carbons (Fsp3) is 0.250. The zero-order valence-corrected chi connectivity index (χ0v) is 13.6. The summed E-state index contributed by atoms with van der Waals surface area (Å²) < 4.78 is 0. The van der Waals surface area contributed by atoms with E-state index in [1.807, 2.05) is 32.3 Å². The van der Waals surface area contributed by atoms with E-state index < -0.39 is 0 Å². The first-order chi connectivity index (χ1) is 9.60. The van der Waals surface area contributed by atoms with Crippen molar-refractivity contribution in [3.8, 4) is 0 Å². The molecule has 0 aliphatic heterocycles. The van der Waals surface area contributed by atoms with Crippen molar-refractivity contribution in [3.63, 3.8) is 0 Å². The van der Waals surface area contributed by atoms with Gasteiger partial charge >= 0.3 is 0 Å². The average molecular weight is 307 g/mol. The molecule has 2 aromatic carbocycles. The number of anilines is 2. The van der Waals surface area contributed by atoms with Gasteiger partial charge in [-0.3, -0.25) is 0 Å². The number of hydrogen-bond donors (Lipinski definition) is 1. The van der Waals surface area contributed by atoms with Crippen LogP contribution < -0.4 is 10.2 Å². The molecule has 0 amide bonds. The first-order valence-electron chi connectivity index (χ1n) is 6.44. The summed E-state index contributed by atoms with van der Waals surface area (Å²) in [5.41, 5.74) is 3.44. The molecule has 0 aliphatic carbocycles. The van der Waals surface area contributed by atoms with Gasteiger partial charge in [-0.1, -0.05) is 23.7 Å². The second-order valence-electron chi connectivity index (χ2n) is 4.76. The smallest absolute Gasteiger partial charge is 0.0597 e. The highest BCUT2D eigenvalue weighted by Crippen LogP contribution is 2.28. The number of nitrogens with zero attached hydrogens (tertiary/aromatic N) is 1. The van der Waals surface area contributed by atoms with Gasteiger partial charge < -0.3 is 10.2 Å². The molecule has 0 aromatic heterocycles. The van der Waals surface area contributed by atoms with Crippen LogP contribution >= 0.6 is 23.4 Å². The fourth-order valence-corrected chi connectivity index (χ4v) is 2.56. The SMILES string of the molecule is CSc1ccc(CNc2cc(Cl)ccc2N(C)C)cc1. The van der Waals surface area contributed by atoms with Gasteiger partial charge in [-0.25, -0.2) is 0 Å². The molecular formula is C16H19ClN2S. The molecule has 2 aromatic rings. The molecule has 0 unspecified atom stereocenters. The van der Waals surface area contributed by atoms with E-state index in [9.17, 15) is 0 Å². The van der Waals surface area contributed by atoms with Crippen molar-refractivity contribution in [1.82, 2.24) is 0 Å². The molecule has 1 N–H and O–H groups in total. The molecule has 0 fully saturated rings. The monoisotopic (exact) mass is 306 g/mol. The number of benzene rings is 2. The van der Waals surface area contributed by atoms with E-state index in [0.717, 1.165) is 22.9 Å². The normalized spacial score (nSPS) is 10.4. The van der Waals surface area contributed by atoms with Gasteiger partial charge in [0, 0.05) is 30.6 Å². The van der Waals surface area contributed by atoms with Gasteiger partial charge in [0.25, 0.3) is 0 Å². The van der Waals surface area contributed by atoms with Crippen molar-refractivity contribution in [2.45, 2.75) is 11.4 Å². The first kappa shape index (κ1) is 15.1. The van der Waals surface area contributed by atoms with Crippen LogP contribution in [0.3, 0.4) is 0 Å². The summed E-state index contributed by atoms with van der Waals surface area (Å²) >= 11 is 7.84. The Morgan fingerprint density at radius 3 is 2.40 bits per heavy atom. The van der Waals surface area contributed by atoms with E-state index in [2.05, 4.69) is 40.7 Å². The van der Waals surface area contributed by atoms with Crippen molar-refractivity contribution < 1.29 is 0 Å². The summed E-state index contributed by atoms with van der Waals surface area (Å²) in [6, 6.07) is 14.5. The first-order valence-corrected chi connectivity index (χ1v) is 8.04. The lowest BCUT2D eigenvalue weighted by Crippen LogP contribution is -2.12. The predicted molar refractivity (Wildman–Crippen MR) is 91.3 cm³/mol. The van der Waals surface area contributed by atoms with Gasteiger partial charge in [0.15, 0.2) is 0 Å². The topological polar surface area (TPSA) is 15.3 Å². The number of halogens is 1. The Balaban J connectivity index is 2.11. The highest BCUT2D eigenvalue weighted by atomic mass is 35.5. The lowest BCUT2D eigenvalue weighted by atomic mass is 10.2. The van der Waals surface area contributed by atoms with Crippen molar-refractivity contribution >= 4 is 34.7 Å². The molecule has 0 saturated carbocycles. The van der Waals surface area contributed by atoms with Crippen molar-refractivity contribution in [2.24, 2.45) is 0 Å². The quantitative estimate of drug-likeness (QED) is 0.803. The van der Waals surface area contributed by atoms with Gasteiger partial charge in [-0.15, -0.1) is 11.8 Å². The number of thioether (sulfide) groups is 1. The molecule has 4 heteroatoms. The highest BCUT2D eigenvalue weighted by molar-refractivity contribution is 7.98. The lowest BCUT2D eigenvalue weighted by molar-refractivity contribution is 1.10. The van der Waals surface area contributed by atoms with Crippen LogP contribution in [0.1, 0.15) is 5.56 Å². The number of nitrogens with one attached hydrogen (secondary N) is 1. The van der Waals surface area contributed by atoms with E-state index >= 15 is 0 Å². The van der Waals surface area contributed by atoms with E-state index in [0.29, 0.717) is 0 Å². The van der Waals surface area contributed by atoms with Crippen LogP contribution in [0.15, 0.2) is 47.4 Å². The molecule has 0 heterocycles. The van der Waals surface area contributed by atoms with Gasteiger partial charge in [0.2, 0.25) is 0 Å². The van der Waals surface area contributed by atoms with E-state index in [-0.39, 0.29) is 0 Å². The van der Waals surface area contributed by atoms with Crippen LogP contribution in [0.4, 0.5) is 11.4 Å². The second kappa shape index (κ2) is 6.91. The van der Waals surface area contributed by atoms with Gasteiger partial charge in [0.1, 0.15) is 0 Å². The fourth-order valence-electron chi connectivity index (χ4n) is 1.98. The third-order valence-electron chi connectivity index (χ3n) is 3.08. The summed E-state index contributed by atoms with van der Waals surface area (Å²) in [7, 11) is 4.06. The van der Waals surface area contributed by atoms with Gasteiger partial charge in [-0.2, -0.15) is 0 Å². The Morgan fingerprint density at radius 1 is 1.10 bits per heavy atom. The highest BCUT2D eigenvalue weighted by Gasteiger charge is 2.05. The minimum atomic E-state index is 0.746. The molecule has 0 saturated heterocycles. The predicted octanol–water partition coefficient (Wildman–Crippen LogP) is 4.74. The van der Waals surface area contributed by atoms with Gasteiger partial charge in [-0.05, 0) is 42.2 Å². The maximum absolute atomic E-state index is 6.08. The zero-order valence-electron chi connectivity index (χ0n) is 12.0. The molecule has 0 bridgehead atoms. The summed E-state index contributed by atoms with van der Waals surface area (Å²) in [6.07, 6.45) is 2.09. The van der Waals surface area contributed by atoms with Crippen LogP contribution in [0.25, 0.3) is 0 Å². The minimum Gasteiger partial charge on any atom is -0.379 e. The maximum atomic E-state index is 6.08. The Labute approximate surface area is 130 Å². The molecule has 0 aliphatic rings. The molecule has 20 heavy (non-hydrogen) atoms. The standard InChI is InChI=1S/C16H19ClN2S/c1-19(2)16-9-6-13(17)10-15(16)18-11-12-4-7-14(20-3)8-5-12/h4-10,18H,11H2,1-3H3. The van der Waals surface area contributed by atoms with Crippen molar-refractivity contribution in [1.29, 1.82) is 0 Å². The summed E-state index contributed by atoms with van der Waals surface area (Å²) in [5.74, 6) is 0. The van der Waals surface area contributed by atoms with Crippen molar-refractivity contribution in [3.05, 3.63) is 53.1 Å².